The normalized spacial score (nSPS) is 15.2. The van der Waals surface area contributed by atoms with Crippen LogP contribution in [0.25, 0.3) is 0 Å². The maximum Gasteiger partial charge on any atom is 0.234 e. The molecule has 1 fully saturated rings. The van der Waals surface area contributed by atoms with Crippen molar-refractivity contribution in [3.05, 3.63) is 107 Å². The van der Waals surface area contributed by atoms with Gasteiger partial charge < -0.3 is 9.80 Å². The molecule has 1 saturated heterocycles. The first-order chi connectivity index (χ1) is 15.1. The maximum absolute atomic E-state index is 14.0. The van der Waals surface area contributed by atoms with Crippen LogP contribution in [0.2, 0.25) is 5.02 Å². The van der Waals surface area contributed by atoms with E-state index < -0.39 is 0 Å². The zero-order chi connectivity index (χ0) is 21.6. The quantitative estimate of drug-likeness (QED) is 0.473. The number of rotatable bonds is 7. The number of halogens is 1. The topological polar surface area (TPSA) is 23.6 Å². The Bertz CT molecular complexity index is 930. The lowest BCUT2D eigenvalue weighted by Crippen LogP contribution is -2.41. The summed E-state index contributed by atoms with van der Waals surface area (Å²) in [6.45, 7) is 3.01. The highest BCUT2D eigenvalue weighted by Gasteiger charge is 2.31. The summed E-state index contributed by atoms with van der Waals surface area (Å²) in [6.07, 6.45) is 2.45. The van der Waals surface area contributed by atoms with Crippen molar-refractivity contribution in [1.82, 2.24) is 9.80 Å². The number of carbonyl (C=O) groups is 1. The van der Waals surface area contributed by atoms with E-state index in [1.54, 1.807) is 0 Å². The second-order valence-corrected chi connectivity index (χ2v) is 8.72. The first kappa shape index (κ1) is 21.6. The molecule has 3 aromatic rings. The van der Waals surface area contributed by atoms with E-state index in [0.29, 0.717) is 5.02 Å². The first-order valence-corrected chi connectivity index (χ1v) is 11.4. The fourth-order valence-electron chi connectivity index (χ4n) is 4.47. The fraction of sp³-hybridized carbons (Fsp3) is 0.296. The summed E-state index contributed by atoms with van der Waals surface area (Å²) in [5.74, 6) is -0.225. The third kappa shape index (κ3) is 5.17. The number of carbonyl (C=O) groups excluding carboxylic acids is 1. The molecule has 0 saturated carbocycles. The summed E-state index contributed by atoms with van der Waals surface area (Å²) in [5, 5.41) is 0.712. The predicted molar refractivity (Wildman–Crippen MR) is 127 cm³/mol. The molecule has 0 bridgehead atoms. The Morgan fingerprint density at radius 3 is 1.87 bits per heavy atom. The monoisotopic (exact) mass is 432 g/mol. The third-order valence-electron chi connectivity index (χ3n) is 6.21. The SMILES string of the molecule is CN(C(=O)C(c1ccccc1)c1ccccc1)[C@H](CN1CCCC1)c1ccc(Cl)cc1. The summed E-state index contributed by atoms with van der Waals surface area (Å²) >= 11 is 6.15. The van der Waals surface area contributed by atoms with Crippen LogP contribution in [-0.4, -0.2) is 42.4 Å². The molecule has 160 valence electrons. The van der Waals surface area contributed by atoms with Crippen LogP contribution in [-0.2, 0) is 4.79 Å². The Morgan fingerprint density at radius 2 is 1.35 bits per heavy atom. The van der Waals surface area contributed by atoms with Crippen molar-refractivity contribution in [3.8, 4) is 0 Å². The molecule has 1 amide bonds. The zero-order valence-corrected chi connectivity index (χ0v) is 18.7. The highest BCUT2D eigenvalue weighted by atomic mass is 35.5. The van der Waals surface area contributed by atoms with Gasteiger partial charge in [0.25, 0.3) is 0 Å². The average Bonchev–Trinajstić information content (AvgIpc) is 3.33. The molecule has 0 aliphatic carbocycles. The molecule has 0 N–H and O–H groups in total. The van der Waals surface area contributed by atoms with Crippen molar-refractivity contribution in [2.45, 2.75) is 24.8 Å². The van der Waals surface area contributed by atoms with E-state index in [4.69, 9.17) is 11.6 Å². The molecule has 4 heteroatoms. The van der Waals surface area contributed by atoms with Crippen molar-refractivity contribution in [3.63, 3.8) is 0 Å². The number of benzene rings is 3. The van der Waals surface area contributed by atoms with Gasteiger partial charge in [0.05, 0.1) is 12.0 Å². The largest absolute Gasteiger partial charge is 0.337 e. The Kier molecular flexibility index (Phi) is 7.06. The molecular formula is C27H29ClN2O. The number of nitrogens with zero attached hydrogens (tertiary/aromatic N) is 2. The van der Waals surface area contributed by atoms with Crippen LogP contribution in [0, 0.1) is 0 Å². The van der Waals surface area contributed by atoms with Gasteiger partial charge in [-0.15, -0.1) is 0 Å². The number of amides is 1. The van der Waals surface area contributed by atoms with Crippen molar-refractivity contribution < 1.29 is 4.79 Å². The molecule has 1 aliphatic rings. The summed E-state index contributed by atoms with van der Waals surface area (Å²) in [7, 11) is 1.94. The van der Waals surface area contributed by atoms with Gasteiger partial charge in [-0.2, -0.15) is 0 Å². The van der Waals surface area contributed by atoms with Crippen LogP contribution in [0.4, 0.5) is 0 Å². The Morgan fingerprint density at radius 1 is 0.839 bits per heavy atom. The molecule has 0 aromatic heterocycles. The van der Waals surface area contributed by atoms with Gasteiger partial charge in [0.15, 0.2) is 0 Å². The van der Waals surface area contributed by atoms with Gasteiger partial charge >= 0.3 is 0 Å². The van der Waals surface area contributed by atoms with E-state index in [2.05, 4.69) is 4.90 Å². The lowest BCUT2D eigenvalue weighted by Gasteiger charge is -2.34. The van der Waals surface area contributed by atoms with Gasteiger partial charge in [-0.3, -0.25) is 4.79 Å². The van der Waals surface area contributed by atoms with Gasteiger partial charge in [-0.05, 0) is 54.8 Å². The van der Waals surface area contributed by atoms with Crippen molar-refractivity contribution in [2.24, 2.45) is 0 Å². The van der Waals surface area contributed by atoms with E-state index in [1.807, 2.05) is 96.9 Å². The zero-order valence-electron chi connectivity index (χ0n) is 18.0. The minimum absolute atomic E-state index is 0.0298. The minimum Gasteiger partial charge on any atom is -0.337 e. The number of hydrogen-bond donors (Lipinski definition) is 0. The number of likely N-dealkylation sites (N-methyl/N-ethyl adjacent to an activating group) is 1. The van der Waals surface area contributed by atoms with Crippen LogP contribution in [0.1, 0.15) is 41.5 Å². The van der Waals surface area contributed by atoms with E-state index in [9.17, 15) is 4.79 Å². The van der Waals surface area contributed by atoms with Crippen LogP contribution in [0.3, 0.4) is 0 Å². The second kappa shape index (κ2) is 10.1. The van der Waals surface area contributed by atoms with Gasteiger partial charge in [0.2, 0.25) is 5.91 Å². The highest BCUT2D eigenvalue weighted by Crippen LogP contribution is 2.31. The molecule has 1 atom stereocenters. The Hall–Kier alpha value is -2.62. The molecule has 3 nitrogen and oxygen atoms in total. The average molecular weight is 433 g/mol. The van der Waals surface area contributed by atoms with Crippen LogP contribution in [0.5, 0.6) is 0 Å². The molecule has 4 rings (SSSR count). The first-order valence-electron chi connectivity index (χ1n) is 11.0. The molecular weight excluding hydrogens is 404 g/mol. The second-order valence-electron chi connectivity index (χ2n) is 8.28. The summed E-state index contributed by atoms with van der Waals surface area (Å²) < 4.78 is 0. The van der Waals surface area contributed by atoms with Crippen LogP contribution < -0.4 is 0 Å². The third-order valence-corrected chi connectivity index (χ3v) is 6.46. The standard InChI is InChI=1S/C27H29ClN2O/c1-29(25(20-30-18-8-9-19-30)21-14-16-24(28)17-15-21)27(31)26(22-10-4-2-5-11-22)23-12-6-3-7-13-23/h2-7,10-17,25-26H,8-9,18-20H2,1H3/t25-/m1/s1. The van der Waals surface area contributed by atoms with E-state index in [0.717, 1.165) is 36.3 Å². The molecule has 1 aliphatic heterocycles. The van der Waals surface area contributed by atoms with Crippen molar-refractivity contribution in [1.29, 1.82) is 0 Å². The smallest absolute Gasteiger partial charge is 0.234 e. The molecule has 0 spiro atoms. The fourth-order valence-corrected chi connectivity index (χ4v) is 4.60. The summed E-state index contributed by atoms with van der Waals surface area (Å²) in [5.41, 5.74) is 3.15. The molecule has 0 unspecified atom stereocenters. The van der Waals surface area contributed by atoms with E-state index in [-0.39, 0.29) is 17.9 Å². The van der Waals surface area contributed by atoms with Gasteiger partial charge in [-0.25, -0.2) is 0 Å². The molecule has 31 heavy (non-hydrogen) atoms. The van der Waals surface area contributed by atoms with E-state index in [1.165, 1.54) is 12.8 Å². The lowest BCUT2D eigenvalue weighted by atomic mass is 9.89. The van der Waals surface area contributed by atoms with Crippen LogP contribution in [0.15, 0.2) is 84.9 Å². The molecule has 1 heterocycles. The highest BCUT2D eigenvalue weighted by molar-refractivity contribution is 6.30. The Labute approximate surface area is 190 Å². The Balaban J connectivity index is 1.68. The number of hydrogen-bond acceptors (Lipinski definition) is 2. The predicted octanol–water partition coefficient (Wildman–Crippen LogP) is 5.77. The van der Waals surface area contributed by atoms with Gasteiger partial charge in [0, 0.05) is 18.6 Å². The minimum atomic E-state index is -0.333. The molecule has 0 radical (unpaired) electrons. The van der Waals surface area contributed by atoms with Crippen molar-refractivity contribution in [2.75, 3.05) is 26.7 Å². The molecule has 3 aromatic carbocycles. The maximum atomic E-state index is 14.0. The van der Waals surface area contributed by atoms with E-state index >= 15 is 0 Å². The summed E-state index contributed by atoms with van der Waals surface area (Å²) in [4.78, 5) is 18.4. The van der Waals surface area contributed by atoms with Crippen LogP contribution >= 0.6 is 11.6 Å². The summed E-state index contributed by atoms with van der Waals surface area (Å²) in [6, 6.07) is 28.0. The van der Waals surface area contributed by atoms with Gasteiger partial charge in [0.1, 0.15) is 0 Å². The van der Waals surface area contributed by atoms with Crippen molar-refractivity contribution >= 4 is 17.5 Å². The van der Waals surface area contributed by atoms with Gasteiger partial charge in [-0.1, -0.05) is 84.4 Å². The number of likely N-dealkylation sites (tertiary alicyclic amines) is 1. The lowest BCUT2D eigenvalue weighted by molar-refractivity contribution is -0.133.